The number of fused-ring (bicyclic) bond motifs is 3. The molecular formula is C10H7ClN4O2. The summed E-state index contributed by atoms with van der Waals surface area (Å²) in [6.07, 6.45) is 0. The van der Waals surface area contributed by atoms with Crippen molar-refractivity contribution in [1.82, 2.24) is 19.6 Å². The predicted molar refractivity (Wildman–Crippen MR) is 62.0 cm³/mol. The van der Waals surface area contributed by atoms with E-state index in [2.05, 4.69) is 15.1 Å². The van der Waals surface area contributed by atoms with Gasteiger partial charge in [0.2, 0.25) is 0 Å². The van der Waals surface area contributed by atoms with Crippen molar-refractivity contribution in [1.29, 1.82) is 0 Å². The molecule has 0 fully saturated rings. The lowest BCUT2D eigenvalue weighted by Crippen LogP contribution is -2.17. The van der Waals surface area contributed by atoms with Crippen LogP contribution in [0.4, 0.5) is 0 Å². The summed E-state index contributed by atoms with van der Waals surface area (Å²) in [6.45, 7) is -0.268. The quantitative estimate of drug-likeness (QED) is 0.667. The molecule has 6 nitrogen and oxygen atoms in total. The van der Waals surface area contributed by atoms with Crippen molar-refractivity contribution in [3.63, 3.8) is 0 Å². The third kappa shape index (κ3) is 1.49. The molecule has 0 aliphatic rings. The number of nitrogens with one attached hydrogen (secondary N) is 1. The van der Waals surface area contributed by atoms with Gasteiger partial charge in [-0.15, -0.1) is 5.10 Å². The average Bonchev–Trinajstić information content (AvgIpc) is 2.73. The van der Waals surface area contributed by atoms with Gasteiger partial charge in [0.05, 0.1) is 5.52 Å². The Balaban J connectivity index is 2.54. The van der Waals surface area contributed by atoms with Gasteiger partial charge in [-0.2, -0.15) is 9.50 Å². The SMILES string of the molecule is O=c1nc2cc(Cl)ccc2c2[nH]c(CO)nn12. The van der Waals surface area contributed by atoms with Crippen molar-refractivity contribution in [2.75, 3.05) is 0 Å². The summed E-state index contributed by atoms with van der Waals surface area (Å²) < 4.78 is 1.13. The number of hydrogen-bond donors (Lipinski definition) is 2. The maximum Gasteiger partial charge on any atom is 0.370 e. The largest absolute Gasteiger partial charge is 0.388 e. The van der Waals surface area contributed by atoms with Crippen LogP contribution >= 0.6 is 11.6 Å². The first-order chi connectivity index (χ1) is 8.19. The molecule has 0 amide bonds. The molecule has 3 rings (SSSR count). The molecule has 0 bridgehead atoms. The maximum atomic E-state index is 11.7. The molecule has 0 atom stereocenters. The van der Waals surface area contributed by atoms with Crippen LogP contribution in [0.1, 0.15) is 5.82 Å². The molecular weight excluding hydrogens is 244 g/mol. The molecule has 0 spiro atoms. The van der Waals surface area contributed by atoms with Crippen LogP contribution in [0.2, 0.25) is 5.02 Å². The highest BCUT2D eigenvalue weighted by Crippen LogP contribution is 2.19. The Hall–Kier alpha value is -1.92. The molecule has 17 heavy (non-hydrogen) atoms. The number of halogens is 1. The maximum absolute atomic E-state index is 11.7. The molecule has 2 aromatic heterocycles. The zero-order valence-corrected chi connectivity index (χ0v) is 9.27. The van der Waals surface area contributed by atoms with Gasteiger partial charge in [-0.3, -0.25) is 0 Å². The summed E-state index contributed by atoms with van der Waals surface area (Å²) in [4.78, 5) is 18.4. The monoisotopic (exact) mass is 250 g/mol. The van der Waals surface area contributed by atoms with Crippen LogP contribution in [0, 0.1) is 0 Å². The van der Waals surface area contributed by atoms with Crippen molar-refractivity contribution >= 4 is 28.2 Å². The van der Waals surface area contributed by atoms with Crippen LogP contribution in [-0.4, -0.2) is 24.7 Å². The summed E-state index contributed by atoms with van der Waals surface area (Å²) in [6, 6.07) is 5.06. The molecule has 0 unspecified atom stereocenters. The number of nitrogens with zero attached hydrogens (tertiary/aromatic N) is 3. The van der Waals surface area contributed by atoms with Crippen LogP contribution < -0.4 is 5.69 Å². The highest BCUT2D eigenvalue weighted by molar-refractivity contribution is 6.31. The predicted octanol–water partition coefficient (Wildman–Crippen LogP) is 0.716. The molecule has 0 aliphatic heterocycles. The number of aliphatic hydroxyl groups excluding tert-OH is 1. The first-order valence-corrected chi connectivity index (χ1v) is 5.25. The van der Waals surface area contributed by atoms with Gasteiger partial charge in [-0.1, -0.05) is 11.6 Å². The van der Waals surface area contributed by atoms with Crippen LogP contribution in [0.25, 0.3) is 16.6 Å². The van der Waals surface area contributed by atoms with E-state index < -0.39 is 5.69 Å². The van der Waals surface area contributed by atoms with Gasteiger partial charge < -0.3 is 10.1 Å². The fourth-order valence-electron chi connectivity index (χ4n) is 1.72. The first-order valence-electron chi connectivity index (χ1n) is 4.87. The van der Waals surface area contributed by atoms with Gasteiger partial charge >= 0.3 is 5.69 Å². The van der Waals surface area contributed by atoms with Crippen molar-refractivity contribution in [2.45, 2.75) is 6.61 Å². The van der Waals surface area contributed by atoms with Gasteiger partial charge in [0.15, 0.2) is 5.82 Å². The van der Waals surface area contributed by atoms with Crippen molar-refractivity contribution in [3.05, 3.63) is 39.5 Å². The molecule has 1 aromatic carbocycles. The number of benzene rings is 1. The van der Waals surface area contributed by atoms with Gasteiger partial charge in [0.1, 0.15) is 12.3 Å². The summed E-state index contributed by atoms with van der Waals surface area (Å²) >= 11 is 5.84. The molecule has 0 saturated carbocycles. The second-order valence-corrected chi connectivity index (χ2v) is 3.98. The Morgan fingerprint density at radius 2 is 2.29 bits per heavy atom. The normalized spacial score (nSPS) is 11.4. The minimum Gasteiger partial charge on any atom is -0.388 e. The second kappa shape index (κ2) is 3.54. The van der Waals surface area contributed by atoms with Crippen molar-refractivity contribution in [3.8, 4) is 0 Å². The number of aromatic nitrogens is 4. The number of H-pyrrole nitrogens is 1. The standard InChI is InChI=1S/C10H7ClN4O2/c11-5-1-2-6-7(3-5)12-10(17)15-9(6)13-8(4-16)14-15/h1-3,16H,4H2,(H,13,14). The highest BCUT2D eigenvalue weighted by atomic mass is 35.5. The van der Waals surface area contributed by atoms with E-state index in [1.807, 2.05) is 0 Å². The number of aromatic amines is 1. The summed E-state index contributed by atoms with van der Waals surface area (Å²) in [5, 5.41) is 14.1. The zero-order chi connectivity index (χ0) is 12.0. The van der Waals surface area contributed by atoms with E-state index >= 15 is 0 Å². The minimum absolute atomic E-state index is 0.268. The lowest BCUT2D eigenvalue weighted by molar-refractivity contribution is 0.271. The smallest absolute Gasteiger partial charge is 0.370 e. The molecule has 0 aliphatic carbocycles. The average molecular weight is 251 g/mol. The van der Waals surface area contributed by atoms with E-state index in [1.165, 1.54) is 0 Å². The van der Waals surface area contributed by atoms with Crippen LogP contribution in [-0.2, 0) is 6.61 Å². The Morgan fingerprint density at radius 1 is 1.47 bits per heavy atom. The van der Waals surface area contributed by atoms with E-state index in [-0.39, 0.29) is 6.61 Å². The van der Waals surface area contributed by atoms with Gasteiger partial charge in [0, 0.05) is 10.4 Å². The first kappa shape index (κ1) is 10.2. The zero-order valence-electron chi connectivity index (χ0n) is 8.51. The Morgan fingerprint density at radius 3 is 3.06 bits per heavy atom. The Kier molecular flexibility index (Phi) is 2.13. The summed E-state index contributed by atoms with van der Waals surface area (Å²) in [5.41, 5.74) is 0.488. The fraction of sp³-hybridized carbons (Fsp3) is 0.100. The molecule has 3 aromatic rings. The van der Waals surface area contributed by atoms with E-state index in [0.29, 0.717) is 22.0 Å². The van der Waals surface area contributed by atoms with Crippen LogP contribution in [0.5, 0.6) is 0 Å². The molecule has 0 radical (unpaired) electrons. The number of aliphatic hydroxyl groups is 1. The van der Waals surface area contributed by atoms with Gasteiger partial charge in [-0.25, -0.2) is 4.79 Å². The van der Waals surface area contributed by atoms with Gasteiger partial charge in [0.25, 0.3) is 0 Å². The van der Waals surface area contributed by atoms with E-state index in [4.69, 9.17) is 16.7 Å². The number of rotatable bonds is 1. The summed E-state index contributed by atoms with van der Waals surface area (Å²) in [7, 11) is 0. The van der Waals surface area contributed by atoms with Gasteiger partial charge in [-0.05, 0) is 18.2 Å². The Labute approximate surface area is 99.5 Å². The Bertz CT molecular complexity index is 777. The van der Waals surface area contributed by atoms with E-state index in [9.17, 15) is 4.79 Å². The molecule has 0 saturated heterocycles. The molecule has 2 N–H and O–H groups in total. The third-order valence-corrected chi connectivity index (χ3v) is 2.69. The van der Waals surface area contributed by atoms with Crippen molar-refractivity contribution in [2.24, 2.45) is 0 Å². The highest BCUT2D eigenvalue weighted by Gasteiger charge is 2.09. The van der Waals surface area contributed by atoms with E-state index in [1.54, 1.807) is 18.2 Å². The molecule has 7 heteroatoms. The van der Waals surface area contributed by atoms with Crippen molar-refractivity contribution < 1.29 is 5.11 Å². The summed E-state index contributed by atoms with van der Waals surface area (Å²) in [5.74, 6) is 0.311. The second-order valence-electron chi connectivity index (χ2n) is 3.55. The van der Waals surface area contributed by atoms with Crippen LogP contribution in [0.3, 0.4) is 0 Å². The molecule has 86 valence electrons. The van der Waals surface area contributed by atoms with E-state index in [0.717, 1.165) is 9.90 Å². The third-order valence-electron chi connectivity index (χ3n) is 2.46. The fourth-order valence-corrected chi connectivity index (χ4v) is 1.89. The number of hydrogen-bond acceptors (Lipinski definition) is 4. The van der Waals surface area contributed by atoms with Crippen LogP contribution in [0.15, 0.2) is 23.0 Å². The lowest BCUT2D eigenvalue weighted by Gasteiger charge is -1.98. The minimum atomic E-state index is -0.509. The lowest BCUT2D eigenvalue weighted by atomic mass is 10.2. The molecule has 2 heterocycles. The topological polar surface area (TPSA) is 83.3 Å².